The summed E-state index contributed by atoms with van der Waals surface area (Å²) >= 11 is 0. The van der Waals surface area contributed by atoms with Crippen LogP contribution >= 0.6 is 0 Å². The predicted molar refractivity (Wildman–Crippen MR) is 57.1 cm³/mol. The van der Waals surface area contributed by atoms with Crippen molar-refractivity contribution >= 4 is 0 Å². The SMILES string of the molecule is Cc1c(CO)cccc1C(O)C(O)CN. The molecule has 0 bridgehead atoms. The minimum atomic E-state index is -0.999. The fraction of sp³-hybridized carbons (Fsp3) is 0.455. The molecule has 0 amide bonds. The van der Waals surface area contributed by atoms with E-state index in [2.05, 4.69) is 0 Å². The van der Waals surface area contributed by atoms with Crippen LogP contribution in [-0.4, -0.2) is 28.0 Å². The number of hydrogen-bond donors (Lipinski definition) is 4. The first-order chi connectivity index (χ1) is 7.11. The van der Waals surface area contributed by atoms with Gasteiger partial charge in [0.25, 0.3) is 0 Å². The molecular formula is C11H17NO3. The van der Waals surface area contributed by atoms with Crippen LogP contribution < -0.4 is 5.73 Å². The van der Waals surface area contributed by atoms with Gasteiger partial charge in [-0.25, -0.2) is 0 Å². The Morgan fingerprint density at radius 1 is 1.33 bits per heavy atom. The molecule has 84 valence electrons. The van der Waals surface area contributed by atoms with Gasteiger partial charge in [0.15, 0.2) is 0 Å². The van der Waals surface area contributed by atoms with Gasteiger partial charge in [-0.2, -0.15) is 0 Å². The average Bonchev–Trinajstić information content (AvgIpc) is 2.27. The van der Waals surface area contributed by atoms with Crippen molar-refractivity contribution in [1.29, 1.82) is 0 Å². The normalized spacial score (nSPS) is 15.0. The Kier molecular flexibility index (Phi) is 4.23. The Bertz CT molecular complexity index is 328. The van der Waals surface area contributed by atoms with E-state index in [4.69, 9.17) is 10.8 Å². The van der Waals surface area contributed by atoms with Crippen molar-refractivity contribution in [2.75, 3.05) is 6.54 Å². The maximum absolute atomic E-state index is 9.78. The van der Waals surface area contributed by atoms with Crippen LogP contribution in [0.15, 0.2) is 18.2 Å². The lowest BCUT2D eigenvalue weighted by Crippen LogP contribution is -2.27. The van der Waals surface area contributed by atoms with Gasteiger partial charge in [0.2, 0.25) is 0 Å². The summed E-state index contributed by atoms with van der Waals surface area (Å²) in [6, 6.07) is 5.23. The number of hydrogen-bond acceptors (Lipinski definition) is 4. The minimum absolute atomic E-state index is 0.00393. The van der Waals surface area contributed by atoms with Gasteiger partial charge in [-0.1, -0.05) is 18.2 Å². The van der Waals surface area contributed by atoms with E-state index >= 15 is 0 Å². The lowest BCUT2D eigenvalue weighted by Gasteiger charge is -2.19. The summed E-state index contributed by atoms with van der Waals surface area (Å²) in [5.41, 5.74) is 7.42. The van der Waals surface area contributed by atoms with Crippen LogP contribution in [0.5, 0.6) is 0 Å². The van der Waals surface area contributed by atoms with Crippen molar-refractivity contribution in [2.24, 2.45) is 5.73 Å². The second-order valence-electron chi connectivity index (χ2n) is 3.54. The molecule has 0 aliphatic carbocycles. The van der Waals surface area contributed by atoms with Crippen LogP contribution in [0, 0.1) is 6.92 Å². The van der Waals surface area contributed by atoms with Gasteiger partial charge < -0.3 is 21.1 Å². The minimum Gasteiger partial charge on any atom is -0.392 e. The second kappa shape index (κ2) is 5.23. The van der Waals surface area contributed by atoms with Crippen LogP contribution in [0.4, 0.5) is 0 Å². The zero-order valence-electron chi connectivity index (χ0n) is 8.72. The highest BCUT2D eigenvalue weighted by atomic mass is 16.3. The Hall–Kier alpha value is -0.940. The second-order valence-corrected chi connectivity index (χ2v) is 3.54. The summed E-state index contributed by atoms with van der Waals surface area (Å²) in [4.78, 5) is 0. The monoisotopic (exact) mass is 211 g/mol. The summed E-state index contributed by atoms with van der Waals surface area (Å²) < 4.78 is 0. The van der Waals surface area contributed by atoms with E-state index in [1.807, 2.05) is 0 Å². The van der Waals surface area contributed by atoms with E-state index in [-0.39, 0.29) is 13.2 Å². The van der Waals surface area contributed by atoms with Gasteiger partial charge >= 0.3 is 0 Å². The summed E-state index contributed by atoms with van der Waals surface area (Å²) in [5.74, 6) is 0. The third kappa shape index (κ3) is 2.54. The maximum Gasteiger partial charge on any atom is 0.106 e. The molecule has 15 heavy (non-hydrogen) atoms. The fourth-order valence-electron chi connectivity index (χ4n) is 1.53. The fourth-order valence-corrected chi connectivity index (χ4v) is 1.53. The quantitative estimate of drug-likeness (QED) is 0.557. The molecule has 4 nitrogen and oxygen atoms in total. The molecule has 2 atom stereocenters. The molecule has 0 saturated heterocycles. The maximum atomic E-state index is 9.78. The predicted octanol–water partition coefficient (Wildman–Crippen LogP) is -0.160. The molecule has 1 aromatic carbocycles. The summed E-state index contributed by atoms with van der Waals surface area (Å²) in [7, 11) is 0. The summed E-state index contributed by atoms with van der Waals surface area (Å²) in [6.07, 6.45) is -1.97. The van der Waals surface area contributed by atoms with E-state index in [0.717, 1.165) is 11.1 Å². The van der Waals surface area contributed by atoms with E-state index in [1.165, 1.54) is 0 Å². The van der Waals surface area contributed by atoms with Crippen LogP contribution in [0.1, 0.15) is 22.8 Å². The molecule has 0 spiro atoms. The van der Waals surface area contributed by atoms with Gasteiger partial charge in [-0.05, 0) is 23.6 Å². The highest BCUT2D eigenvalue weighted by Crippen LogP contribution is 2.23. The molecule has 0 aliphatic rings. The molecule has 0 heterocycles. The van der Waals surface area contributed by atoms with Crippen molar-refractivity contribution in [3.05, 3.63) is 34.9 Å². The zero-order valence-corrected chi connectivity index (χ0v) is 8.72. The van der Waals surface area contributed by atoms with Crippen LogP contribution in [0.3, 0.4) is 0 Å². The van der Waals surface area contributed by atoms with Crippen molar-refractivity contribution in [2.45, 2.75) is 25.7 Å². The van der Waals surface area contributed by atoms with Crippen molar-refractivity contribution in [3.8, 4) is 0 Å². The zero-order chi connectivity index (χ0) is 11.4. The topological polar surface area (TPSA) is 86.7 Å². The third-order valence-corrected chi connectivity index (χ3v) is 2.58. The van der Waals surface area contributed by atoms with E-state index in [1.54, 1.807) is 25.1 Å². The number of aliphatic hydroxyl groups is 3. The molecule has 0 aliphatic heterocycles. The van der Waals surface area contributed by atoms with Gasteiger partial charge in [-0.3, -0.25) is 0 Å². The molecule has 0 saturated carbocycles. The summed E-state index contributed by atoms with van der Waals surface area (Å²) in [6.45, 7) is 1.72. The molecule has 0 fully saturated rings. The summed E-state index contributed by atoms with van der Waals surface area (Å²) in [5, 5.41) is 28.3. The van der Waals surface area contributed by atoms with Gasteiger partial charge in [0.1, 0.15) is 6.10 Å². The number of aliphatic hydroxyl groups excluding tert-OH is 3. The largest absolute Gasteiger partial charge is 0.392 e. The van der Waals surface area contributed by atoms with Crippen molar-refractivity contribution in [1.82, 2.24) is 0 Å². The van der Waals surface area contributed by atoms with Crippen molar-refractivity contribution < 1.29 is 15.3 Å². The molecule has 0 radical (unpaired) electrons. The molecule has 5 N–H and O–H groups in total. The smallest absolute Gasteiger partial charge is 0.106 e. The first-order valence-electron chi connectivity index (χ1n) is 4.87. The molecule has 1 aromatic rings. The van der Waals surface area contributed by atoms with E-state index in [9.17, 15) is 10.2 Å². The molecule has 2 unspecified atom stereocenters. The highest BCUT2D eigenvalue weighted by molar-refractivity contribution is 5.35. The standard InChI is InChI=1S/C11H17NO3/c1-7-8(6-13)3-2-4-9(7)11(15)10(14)5-12/h2-4,10-11,13-15H,5-6,12H2,1H3. The molecular weight excluding hydrogens is 194 g/mol. The molecule has 4 heteroatoms. The average molecular weight is 211 g/mol. The number of rotatable bonds is 4. The Labute approximate surface area is 89.0 Å². The van der Waals surface area contributed by atoms with Gasteiger partial charge in [0, 0.05) is 6.54 Å². The van der Waals surface area contributed by atoms with Crippen LogP contribution in [0.2, 0.25) is 0 Å². The number of benzene rings is 1. The Morgan fingerprint density at radius 2 is 2.00 bits per heavy atom. The molecule has 1 rings (SSSR count). The third-order valence-electron chi connectivity index (χ3n) is 2.58. The first-order valence-corrected chi connectivity index (χ1v) is 4.87. The van der Waals surface area contributed by atoms with Gasteiger partial charge in [-0.15, -0.1) is 0 Å². The van der Waals surface area contributed by atoms with E-state index in [0.29, 0.717) is 5.56 Å². The van der Waals surface area contributed by atoms with Crippen LogP contribution in [0.25, 0.3) is 0 Å². The van der Waals surface area contributed by atoms with Crippen molar-refractivity contribution in [3.63, 3.8) is 0 Å². The Balaban J connectivity index is 3.03. The first kappa shape index (κ1) is 12.1. The van der Waals surface area contributed by atoms with E-state index < -0.39 is 12.2 Å². The van der Waals surface area contributed by atoms with Crippen LogP contribution in [-0.2, 0) is 6.61 Å². The van der Waals surface area contributed by atoms with Gasteiger partial charge in [0.05, 0.1) is 12.7 Å². The Morgan fingerprint density at radius 3 is 2.53 bits per heavy atom. The number of nitrogens with two attached hydrogens (primary N) is 1. The lowest BCUT2D eigenvalue weighted by molar-refractivity contribution is 0.0238. The lowest BCUT2D eigenvalue weighted by atomic mass is 9.96. The highest BCUT2D eigenvalue weighted by Gasteiger charge is 2.19. The molecule has 0 aromatic heterocycles.